The first-order valence-electron chi connectivity index (χ1n) is 11.1. The van der Waals surface area contributed by atoms with Gasteiger partial charge in [-0.05, 0) is 80.9 Å². The molecule has 3 atom stereocenters. The molecule has 0 radical (unpaired) electrons. The van der Waals surface area contributed by atoms with Gasteiger partial charge in [-0.25, -0.2) is 4.39 Å². The largest absolute Gasteiger partial charge is 0.376 e. The molecule has 1 aromatic carbocycles. The lowest BCUT2D eigenvalue weighted by molar-refractivity contribution is 0.0842. The van der Waals surface area contributed by atoms with Gasteiger partial charge in [0.25, 0.3) is 0 Å². The molecule has 0 amide bonds. The highest BCUT2D eigenvalue weighted by molar-refractivity contribution is 7.80. The second-order valence-electron chi connectivity index (χ2n) is 8.56. The van der Waals surface area contributed by atoms with Crippen molar-refractivity contribution in [1.82, 2.24) is 19.8 Å². The van der Waals surface area contributed by atoms with E-state index in [4.69, 9.17) is 17.0 Å². The highest BCUT2D eigenvalue weighted by atomic mass is 32.1. The summed E-state index contributed by atoms with van der Waals surface area (Å²) in [5.74, 6) is -0.244. The Bertz CT molecular complexity index is 1130. The number of nitrogens with one attached hydrogen (secondary N) is 1. The van der Waals surface area contributed by atoms with Crippen LogP contribution in [0.1, 0.15) is 47.6 Å². The summed E-state index contributed by atoms with van der Waals surface area (Å²) in [7, 11) is 0. The van der Waals surface area contributed by atoms with E-state index in [0.29, 0.717) is 0 Å². The fraction of sp³-hybridized carbons (Fsp3) is 0.360. The van der Waals surface area contributed by atoms with Crippen LogP contribution < -0.4 is 5.32 Å². The van der Waals surface area contributed by atoms with E-state index in [1.54, 1.807) is 12.1 Å². The number of benzene rings is 1. The Morgan fingerprint density at radius 3 is 2.78 bits per heavy atom. The maximum atomic E-state index is 14.0. The Morgan fingerprint density at radius 2 is 2.06 bits per heavy atom. The first-order valence-corrected chi connectivity index (χ1v) is 11.5. The molecule has 7 heteroatoms. The summed E-state index contributed by atoms with van der Waals surface area (Å²) in [6.45, 7) is 5.70. The van der Waals surface area contributed by atoms with Gasteiger partial charge < -0.3 is 19.5 Å². The number of rotatable bonds is 5. The molecule has 0 saturated carbocycles. The second-order valence-corrected chi connectivity index (χ2v) is 8.94. The molecule has 32 heavy (non-hydrogen) atoms. The molecule has 166 valence electrons. The van der Waals surface area contributed by atoms with Gasteiger partial charge in [-0.2, -0.15) is 0 Å². The lowest BCUT2D eigenvalue weighted by atomic mass is 9.96. The van der Waals surface area contributed by atoms with Crippen molar-refractivity contribution < 1.29 is 9.13 Å². The normalized spacial score (nSPS) is 23.0. The Kier molecular flexibility index (Phi) is 5.69. The van der Waals surface area contributed by atoms with Crippen LogP contribution >= 0.6 is 12.2 Å². The molecule has 2 saturated heterocycles. The van der Waals surface area contributed by atoms with E-state index in [0.717, 1.165) is 59.4 Å². The average molecular weight is 451 g/mol. The minimum Gasteiger partial charge on any atom is -0.376 e. The fourth-order valence-electron chi connectivity index (χ4n) is 5.05. The van der Waals surface area contributed by atoms with Gasteiger partial charge in [-0.1, -0.05) is 12.1 Å². The average Bonchev–Trinajstić information content (AvgIpc) is 3.48. The van der Waals surface area contributed by atoms with Crippen LogP contribution in [-0.2, 0) is 4.74 Å². The molecule has 4 heterocycles. The van der Waals surface area contributed by atoms with E-state index >= 15 is 0 Å². The van der Waals surface area contributed by atoms with E-state index in [1.165, 1.54) is 6.07 Å². The molecular weight excluding hydrogens is 423 g/mol. The van der Waals surface area contributed by atoms with Crippen molar-refractivity contribution in [3.05, 3.63) is 83.2 Å². The zero-order valence-electron chi connectivity index (χ0n) is 18.3. The first-order chi connectivity index (χ1) is 15.5. The molecule has 2 fully saturated rings. The number of hydrogen-bond donors (Lipinski definition) is 1. The molecule has 5 nitrogen and oxygen atoms in total. The van der Waals surface area contributed by atoms with Gasteiger partial charge in [-0.3, -0.25) is 4.98 Å². The highest BCUT2D eigenvalue weighted by Crippen LogP contribution is 2.42. The SMILES string of the molecule is Cc1cc([C@H]2[C@H](c3ccccn3)NC(=S)N2C[C@@H]2CCCO2)c(C)n1-c1cccc(F)c1. The van der Waals surface area contributed by atoms with Gasteiger partial charge in [-0.15, -0.1) is 0 Å². The standard InChI is InChI=1S/C25H27FN4OS/c1-16-13-21(17(2)30(16)19-8-5-7-18(26)14-19)24-23(22-10-3-4-11-27-22)28-25(32)29(24)15-20-9-6-12-31-20/h3-5,7-8,10-11,13-14,20,23-24H,6,9,12,15H2,1-2H3,(H,28,32)/t20-,23-,24-/m0/s1. The van der Waals surface area contributed by atoms with E-state index < -0.39 is 0 Å². The summed E-state index contributed by atoms with van der Waals surface area (Å²) in [6, 6.07) is 14.8. The van der Waals surface area contributed by atoms with E-state index in [2.05, 4.69) is 39.7 Å². The maximum Gasteiger partial charge on any atom is 0.170 e. The number of thiocarbonyl (C=S) groups is 1. The minimum absolute atomic E-state index is 0.0323. The smallest absolute Gasteiger partial charge is 0.170 e. The van der Waals surface area contributed by atoms with Gasteiger partial charge in [0.1, 0.15) is 5.82 Å². The third-order valence-corrected chi connectivity index (χ3v) is 6.83. The first kappa shape index (κ1) is 21.1. The molecule has 2 aliphatic heterocycles. The third-order valence-electron chi connectivity index (χ3n) is 6.48. The molecule has 3 aromatic rings. The summed E-state index contributed by atoms with van der Waals surface area (Å²) in [4.78, 5) is 6.88. The summed E-state index contributed by atoms with van der Waals surface area (Å²) >= 11 is 5.80. The number of hydrogen-bond acceptors (Lipinski definition) is 3. The molecular formula is C25H27FN4OS. The van der Waals surface area contributed by atoms with Gasteiger partial charge in [0.2, 0.25) is 0 Å². The number of nitrogens with zero attached hydrogens (tertiary/aromatic N) is 3. The zero-order valence-corrected chi connectivity index (χ0v) is 19.1. The molecule has 2 aliphatic rings. The fourth-order valence-corrected chi connectivity index (χ4v) is 5.36. The Morgan fingerprint density at radius 1 is 1.19 bits per heavy atom. The zero-order chi connectivity index (χ0) is 22.2. The molecule has 0 aliphatic carbocycles. The summed E-state index contributed by atoms with van der Waals surface area (Å²) in [6.07, 6.45) is 4.12. The van der Waals surface area contributed by atoms with Crippen molar-refractivity contribution in [2.75, 3.05) is 13.2 Å². The molecule has 0 unspecified atom stereocenters. The van der Waals surface area contributed by atoms with Crippen LogP contribution in [0.25, 0.3) is 5.69 Å². The van der Waals surface area contributed by atoms with Crippen LogP contribution in [0.3, 0.4) is 0 Å². The minimum atomic E-state index is -0.244. The molecule has 0 bridgehead atoms. The maximum absolute atomic E-state index is 14.0. The number of halogens is 1. The van der Waals surface area contributed by atoms with Crippen LogP contribution in [0.5, 0.6) is 0 Å². The summed E-state index contributed by atoms with van der Waals surface area (Å²) < 4.78 is 22.0. The van der Waals surface area contributed by atoms with Gasteiger partial charge in [0.15, 0.2) is 5.11 Å². The summed E-state index contributed by atoms with van der Waals surface area (Å²) in [5, 5.41) is 4.24. The van der Waals surface area contributed by atoms with Crippen molar-refractivity contribution in [3.8, 4) is 5.69 Å². The third kappa shape index (κ3) is 3.80. The van der Waals surface area contributed by atoms with E-state index in [9.17, 15) is 4.39 Å². The lowest BCUT2D eigenvalue weighted by Crippen LogP contribution is -2.36. The topological polar surface area (TPSA) is 42.3 Å². The van der Waals surface area contributed by atoms with E-state index in [-0.39, 0.29) is 24.0 Å². The van der Waals surface area contributed by atoms with Crippen molar-refractivity contribution in [3.63, 3.8) is 0 Å². The lowest BCUT2D eigenvalue weighted by Gasteiger charge is -2.30. The van der Waals surface area contributed by atoms with Crippen LogP contribution in [-0.4, -0.2) is 38.8 Å². The Balaban J connectivity index is 1.59. The number of pyridine rings is 1. The van der Waals surface area contributed by atoms with Gasteiger partial charge >= 0.3 is 0 Å². The predicted molar refractivity (Wildman–Crippen MR) is 126 cm³/mol. The number of aryl methyl sites for hydroxylation is 1. The predicted octanol–water partition coefficient (Wildman–Crippen LogP) is 4.78. The summed E-state index contributed by atoms with van der Waals surface area (Å²) in [5.41, 5.74) is 5.05. The Hall–Kier alpha value is -2.77. The van der Waals surface area contributed by atoms with Gasteiger partial charge in [0, 0.05) is 36.4 Å². The van der Waals surface area contributed by atoms with Crippen LogP contribution in [0.2, 0.25) is 0 Å². The highest BCUT2D eigenvalue weighted by Gasteiger charge is 2.42. The number of ether oxygens (including phenoxy) is 1. The van der Waals surface area contributed by atoms with Crippen LogP contribution in [0, 0.1) is 19.7 Å². The van der Waals surface area contributed by atoms with Crippen molar-refractivity contribution in [2.45, 2.75) is 44.9 Å². The van der Waals surface area contributed by atoms with Crippen molar-refractivity contribution in [2.24, 2.45) is 0 Å². The monoisotopic (exact) mass is 450 g/mol. The van der Waals surface area contributed by atoms with Gasteiger partial charge in [0.05, 0.1) is 23.9 Å². The Labute approximate surface area is 193 Å². The number of aromatic nitrogens is 2. The molecule has 2 aromatic heterocycles. The molecule has 5 rings (SSSR count). The van der Waals surface area contributed by atoms with Crippen molar-refractivity contribution >= 4 is 17.3 Å². The van der Waals surface area contributed by atoms with Crippen molar-refractivity contribution in [1.29, 1.82) is 0 Å². The quantitative estimate of drug-likeness (QED) is 0.567. The molecule has 0 spiro atoms. The van der Waals surface area contributed by atoms with E-state index in [1.807, 2.05) is 30.5 Å². The van der Waals surface area contributed by atoms with Crippen LogP contribution in [0.15, 0.2) is 54.7 Å². The molecule has 1 N–H and O–H groups in total. The second kappa shape index (κ2) is 8.64. The van der Waals surface area contributed by atoms with Crippen LogP contribution in [0.4, 0.5) is 4.39 Å².